The van der Waals surface area contributed by atoms with Crippen LogP contribution in [0.15, 0.2) is 0 Å². The SMILES string of the molecule is [B]B([B])B(B([B])[B])P(B([B])[B])B(B([B])[B])B([B])[B]. The van der Waals surface area contributed by atoms with Gasteiger partial charge in [-0.3, -0.25) is 7.56 Å². The van der Waals surface area contributed by atoms with Gasteiger partial charge in [0, 0.05) is 103 Å². The normalized spacial score (nSPS) is 9.61. The molecule has 18 heteroatoms. The van der Waals surface area contributed by atoms with Gasteiger partial charge in [0.05, 0.1) is 18.6 Å². The predicted molar refractivity (Wildman–Crippen MR) is 105 cm³/mol. The third-order valence-electron chi connectivity index (χ3n) is 2.61. The standard InChI is InChI=1S/B17P/c1-11(2)16(12(3)4)18(15(9)10)17(13(5)6)14(7)8. The minimum absolute atomic E-state index is 0.547. The van der Waals surface area contributed by atoms with Gasteiger partial charge in [-0.2, -0.15) is 0 Å². The summed E-state index contributed by atoms with van der Waals surface area (Å²) in [4.78, 5) is 0. The van der Waals surface area contributed by atoms with E-state index in [0.717, 1.165) is 0 Å². The Hall–Kier alpha value is 1.53. The Bertz CT molecular complexity index is 180. The molecule has 56 valence electrons. The Balaban J connectivity index is 5.37. The van der Waals surface area contributed by atoms with Gasteiger partial charge < -0.3 is 0 Å². The second-order valence-corrected chi connectivity index (χ2v) is 6.91. The van der Waals surface area contributed by atoms with Gasteiger partial charge in [0.1, 0.15) is 0 Å². The lowest BCUT2D eigenvalue weighted by molar-refractivity contribution is 3.52. The van der Waals surface area contributed by atoms with Gasteiger partial charge in [0.15, 0.2) is 0 Å². The highest BCUT2D eigenvalue weighted by Gasteiger charge is 2.39. The molecule has 0 heterocycles. The molecule has 0 amide bonds. The van der Waals surface area contributed by atoms with E-state index in [1.165, 1.54) is 0 Å². The monoisotopic (exact) mass is 218 g/mol. The van der Waals surface area contributed by atoms with Crippen LogP contribution >= 0.6 is 7.56 Å². The van der Waals surface area contributed by atoms with E-state index in [1.807, 2.05) is 0 Å². The van der Waals surface area contributed by atoms with E-state index in [0.29, 0.717) is 0 Å². The van der Waals surface area contributed by atoms with Crippen LogP contribution in [0.3, 0.4) is 0 Å². The molecule has 0 spiro atoms. The van der Waals surface area contributed by atoms with Crippen molar-refractivity contribution in [2.75, 3.05) is 0 Å². The van der Waals surface area contributed by atoms with Crippen molar-refractivity contribution < 1.29 is 0 Å². The van der Waals surface area contributed by atoms with Crippen LogP contribution in [0.1, 0.15) is 0 Å². The Morgan fingerprint density at radius 2 is 0.667 bits per heavy atom. The van der Waals surface area contributed by atoms with E-state index < -0.39 is 51.7 Å². The summed E-state index contributed by atoms with van der Waals surface area (Å²) in [6.07, 6.45) is -5.14. The minimum Gasteiger partial charge on any atom is -0.253 e. The second-order valence-electron chi connectivity index (χ2n) is 4.23. The van der Waals surface area contributed by atoms with Gasteiger partial charge in [-0.25, -0.2) is 0 Å². The summed E-state index contributed by atoms with van der Waals surface area (Å²) in [6.45, 7) is 0. The maximum absolute atomic E-state index is 5.75. The van der Waals surface area contributed by atoms with E-state index >= 15 is 0 Å². The molecule has 0 bridgehead atoms. The Labute approximate surface area is 129 Å². The van der Waals surface area contributed by atoms with Crippen LogP contribution in [0.25, 0.3) is 0 Å². The van der Waals surface area contributed by atoms with Gasteiger partial charge in [-0.05, 0) is 0 Å². The van der Waals surface area contributed by atoms with Crippen LogP contribution in [-0.4, -0.2) is 122 Å². The Kier molecular flexibility index (Phi) is 9.48. The first-order valence-corrected chi connectivity index (χ1v) is 6.99. The van der Waals surface area contributed by atoms with Crippen LogP contribution in [-0.2, 0) is 0 Å². The zero-order valence-electron chi connectivity index (χ0n) is 10.3. The van der Waals surface area contributed by atoms with Crippen molar-refractivity contribution in [3.63, 3.8) is 0 Å². The zero-order valence-corrected chi connectivity index (χ0v) is 11.2. The molecule has 0 rings (SSSR count). The molecule has 0 aliphatic carbocycles. The van der Waals surface area contributed by atoms with E-state index in [9.17, 15) is 0 Å². The first kappa shape index (κ1) is 19.5. The molecule has 0 nitrogen and oxygen atoms in total. The van der Waals surface area contributed by atoms with E-state index in [-0.39, 0.29) is 0 Å². The summed E-state index contributed by atoms with van der Waals surface area (Å²) in [5.41, 5.74) is 0. The van der Waals surface area contributed by atoms with Gasteiger partial charge in [0.2, 0.25) is 0 Å². The summed E-state index contributed by atoms with van der Waals surface area (Å²) >= 11 is 0. The van der Waals surface area contributed by atoms with Crippen LogP contribution < -0.4 is 0 Å². The van der Waals surface area contributed by atoms with Gasteiger partial charge in [0.25, 0.3) is 0 Å². The lowest BCUT2D eigenvalue weighted by atomic mass is 8.79. The minimum atomic E-state index is -1.35. The first-order valence-electron chi connectivity index (χ1n) is 5.44. The first-order chi connectivity index (χ1) is 8.11. The molecule has 18 heavy (non-hydrogen) atoms. The fourth-order valence-electron chi connectivity index (χ4n) is 1.90. The van der Waals surface area contributed by atoms with E-state index in [1.54, 1.807) is 0 Å². The summed E-state index contributed by atoms with van der Waals surface area (Å²) in [7, 11) is 55.5. The van der Waals surface area contributed by atoms with Crippen LogP contribution in [0.4, 0.5) is 0 Å². The maximum atomic E-state index is 5.75. The van der Waals surface area contributed by atoms with E-state index in [4.69, 9.17) is 77.4 Å². The third kappa shape index (κ3) is 5.50. The number of rotatable bonds is 7. The van der Waals surface area contributed by atoms with Crippen molar-refractivity contribution in [1.82, 2.24) is 0 Å². The van der Waals surface area contributed by atoms with Crippen LogP contribution in [0.2, 0.25) is 0 Å². The number of hydrogen-bond acceptors (Lipinski definition) is 0. The summed E-state index contributed by atoms with van der Waals surface area (Å²) in [6, 6.07) is 0. The van der Waals surface area contributed by atoms with Gasteiger partial charge >= 0.3 is 0 Å². The second kappa shape index (κ2) is 8.74. The highest BCUT2D eigenvalue weighted by molar-refractivity contribution is 8.53. The van der Waals surface area contributed by atoms with Gasteiger partial charge in [-0.15, -0.1) is 0 Å². The third-order valence-corrected chi connectivity index (χ3v) is 6.05. The molecule has 0 aliphatic rings. The van der Waals surface area contributed by atoms with Crippen molar-refractivity contribution in [2.24, 2.45) is 0 Å². The molecule has 20 radical (unpaired) electrons. The topological polar surface area (TPSA) is 0 Å². The fourth-order valence-corrected chi connectivity index (χ4v) is 4.69. The zero-order chi connectivity index (χ0) is 14.6. The summed E-state index contributed by atoms with van der Waals surface area (Å²) in [5, 5.41) is 0. The molecule has 0 aliphatic heterocycles. The van der Waals surface area contributed by atoms with E-state index in [2.05, 4.69) is 0 Å². The quantitative estimate of drug-likeness (QED) is 0.293. The molecular formula is B17P. The molecule has 0 fully saturated rings. The molecular weight excluding hydrogens is 215 g/mol. The molecule has 0 aromatic heterocycles. The largest absolute Gasteiger partial charge is 0.253 e. The highest BCUT2D eigenvalue weighted by atomic mass is 31.1. The molecule has 0 atom stereocenters. The Morgan fingerprint density at radius 3 is 0.778 bits per heavy atom. The average Bonchev–Trinajstić information content (AvgIpc) is 2.13. The molecule has 0 N–H and O–H groups in total. The van der Waals surface area contributed by atoms with Gasteiger partial charge in [-0.1, -0.05) is 0 Å². The lowest BCUT2D eigenvalue weighted by Gasteiger charge is -2.43. The smallest absolute Gasteiger partial charge is 0.0529 e. The van der Waals surface area contributed by atoms with Crippen LogP contribution in [0, 0.1) is 0 Å². The summed E-state index contributed by atoms with van der Waals surface area (Å²) in [5.74, 6) is 0. The average molecular weight is 215 g/mol. The lowest BCUT2D eigenvalue weighted by Crippen LogP contribution is -2.61. The van der Waals surface area contributed by atoms with Crippen molar-refractivity contribution in [2.45, 2.75) is 0 Å². The predicted octanol–water partition coefficient (Wildman–Crippen LogP) is -5.61. The van der Waals surface area contributed by atoms with Crippen molar-refractivity contribution >= 4 is 129 Å². The molecule has 0 aromatic carbocycles. The maximum Gasteiger partial charge on any atom is 0.0529 e. The fraction of sp³-hybridized carbons (Fsp3) is 0. The highest BCUT2D eigenvalue weighted by Crippen LogP contribution is 2.43. The number of hydrogen-bond donors (Lipinski definition) is 0. The molecule has 0 aromatic rings. The van der Waals surface area contributed by atoms with Crippen molar-refractivity contribution in [3.8, 4) is 0 Å². The van der Waals surface area contributed by atoms with Crippen LogP contribution in [0.5, 0.6) is 0 Å². The molecule has 0 unspecified atom stereocenters. The van der Waals surface area contributed by atoms with Crippen molar-refractivity contribution in [1.29, 1.82) is 0 Å². The van der Waals surface area contributed by atoms with Crippen molar-refractivity contribution in [3.05, 3.63) is 0 Å². The summed E-state index contributed by atoms with van der Waals surface area (Å²) < 4.78 is 0. The molecule has 0 saturated carbocycles. The Morgan fingerprint density at radius 1 is 0.444 bits per heavy atom. The molecule has 0 saturated heterocycles.